The topological polar surface area (TPSA) is 71.0 Å². The first kappa shape index (κ1) is 17.3. The average Bonchev–Trinajstić information content (AvgIpc) is 2.56. The van der Waals surface area contributed by atoms with Crippen LogP contribution in [-0.4, -0.2) is 35.6 Å². The number of rotatable bonds is 0. The van der Waals surface area contributed by atoms with Crippen molar-refractivity contribution in [3.8, 4) is 11.5 Å². The maximum absolute atomic E-state index is 8.85. The molecule has 0 saturated carbocycles. The van der Waals surface area contributed by atoms with Crippen LogP contribution in [0.5, 0.6) is 11.5 Å². The number of halogens is 2. The van der Waals surface area contributed by atoms with Crippen molar-refractivity contribution < 1.29 is 19.7 Å². The van der Waals surface area contributed by atoms with E-state index in [1.165, 1.54) is 0 Å². The van der Waals surface area contributed by atoms with Crippen LogP contribution in [0.25, 0.3) is 0 Å². The molecule has 24 heavy (non-hydrogen) atoms. The van der Waals surface area contributed by atoms with Crippen LogP contribution in [0.3, 0.4) is 0 Å². The van der Waals surface area contributed by atoms with Crippen LogP contribution >= 0.6 is 23.2 Å². The number of anilines is 2. The van der Waals surface area contributed by atoms with Crippen molar-refractivity contribution in [2.24, 2.45) is 0 Å². The first-order valence-corrected chi connectivity index (χ1v) is 8.26. The van der Waals surface area contributed by atoms with E-state index in [0.717, 1.165) is 11.4 Å². The summed E-state index contributed by atoms with van der Waals surface area (Å²) < 4.78 is 10.5. The summed E-state index contributed by atoms with van der Waals surface area (Å²) in [6, 6.07) is 10.9. The van der Waals surface area contributed by atoms with Gasteiger partial charge in [-0.3, -0.25) is 0 Å². The quantitative estimate of drug-likeness (QED) is 0.559. The molecule has 4 rings (SSSR count). The molecular weight excluding hydrogens is 353 g/mol. The van der Waals surface area contributed by atoms with Gasteiger partial charge in [0.1, 0.15) is 6.10 Å². The number of ether oxygens (including phenoxy) is 2. The average molecular weight is 370 g/mol. The monoisotopic (exact) mass is 369 g/mol. The normalized spacial score (nSPS) is 21.3. The lowest BCUT2D eigenvalue weighted by Crippen LogP contribution is -2.36. The molecule has 0 bridgehead atoms. The fraction of sp³-hybridized carbons (Fsp3) is 0.294. The van der Waals surface area contributed by atoms with Crippen molar-refractivity contribution in [3.05, 3.63) is 46.4 Å². The van der Waals surface area contributed by atoms with Gasteiger partial charge in [-0.1, -0.05) is 23.2 Å². The number of aliphatic hydroxyl groups is 2. The van der Waals surface area contributed by atoms with Crippen molar-refractivity contribution in [1.29, 1.82) is 0 Å². The molecule has 2 aromatic carbocycles. The Morgan fingerprint density at radius 3 is 1.96 bits per heavy atom. The zero-order valence-electron chi connectivity index (χ0n) is 12.7. The Balaban J connectivity index is 0.000000179. The third-order valence-electron chi connectivity index (χ3n) is 3.67. The molecule has 0 aromatic heterocycles. The fourth-order valence-electron chi connectivity index (χ4n) is 2.34. The highest BCUT2D eigenvalue weighted by atomic mass is 35.5. The fourth-order valence-corrected chi connectivity index (χ4v) is 2.67. The number of nitrogens with one attached hydrogen (secondary N) is 1. The summed E-state index contributed by atoms with van der Waals surface area (Å²) in [5, 5.41) is 22.2. The Hall–Kier alpha value is -1.50. The summed E-state index contributed by atoms with van der Waals surface area (Å²) in [7, 11) is 0. The van der Waals surface area contributed by atoms with Crippen LogP contribution in [0.1, 0.15) is 6.42 Å². The first-order chi connectivity index (χ1) is 11.5. The van der Waals surface area contributed by atoms with Crippen molar-refractivity contribution >= 4 is 34.6 Å². The number of hydrogen-bond acceptors (Lipinski definition) is 5. The van der Waals surface area contributed by atoms with E-state index in [0.29, 0.717) is 34.6 Å². The van der Waals surface area contributed by atoms with Crippen LogP contribution in [0.2, 0.25) is 10.0 Å². The van der Waals surface area contributed by atoms with Gasteiger partial charge in [0.15, 0.2) is 11.5 Å². The third kappa shape index (κ3) is 4.12. The molecule has 128 valence electrons. The summed E-state index contributed by atoms with van der Waals surface area (Å²) in [5.74, 6) is 1.42. The lowest BCUT2D eigenvalue weighted by Gasteiger charge is -2.22. The molecule has 2 unspecified atom stereocenters. The van der Waals surface area contributed by atoms with Crippen molar-refractivity contribution in [2.45, 2.75) is 18.6 Å². The van der Waals surface area contributed by atoms with Crippen LogP contribution in [0.15, 0.2) is 36.4 Å². The lowest BCUT2D eigenvalue weighted by molar-refractivity contribution is -0.0852. The zero-order valence-corrected chi connectivity index (χ0v) is 14.2. The van der Waals surface area contributed by atoms with E-state index in [1.807, 2.05) is 24.3 Å². The summed E-state index contributed by atoms with van der Waals surface area (Å²) in [6.07, 6.45) is -0.672. The largest absolute Gasteiger partial charge is 0.453 e. The maximum atomic E-state index is 8.85. The van der Waals surface area contributed by atoms with Gasteiger partial charge in [-0.25, -0.2) is 0 Å². The Labute approximate surface area is 149 Å². The van der Waals surface area contributed by atoms with Gasteiger partial charge in [0.25, 0.3) is 0 Å². The smallest absolute Gasteiger partial charge is 0.152 e. The molecule has 0 radical (unpaired) electrons. The standard InChI is InChI=1S/C12H7Cl2NO.C5H10O3/c13-7-1-3-9-11(5-7)16-12-6-8(14)2-4-10(12)15-9;6-4-1-2-8-3-5(4)7/h1-6,15H;4-7H,1-3H2. The van der Waals surface area contributed by atoms with Crippen molar-refractivity contribution in [1.82, 2.24) is 0 Å². The molecule has 2 aromatic rings. The zero-order chi connectivity index (χ0) is 17.1. The summed E-state index contributed by atoms with van der Waals surface area (Å²) in [5.41, 5.74) is 1.80. The highest BCUT2D eigenvalue weighted by molar-refractivity contribution is 6.31. The molecule has 0 aliphatic carbocycles. The Morgan fingerprint density at radius 1 is 0.917 bits per heavy atom. The molecule has 0 amide bonds. The molecule has 2 atom stereocenters. The third-order valence-corrected chi connectivity index (χ3v) is 4.14. The van der Waals surface area contributed by atoms with Crippen molar-refractivity contribution in [2.75, 3.05) is 18.5 Å². The van der Waals surface area contributed by atoms with Gasteiger partial charge < -0.3 is 25.0 Å². The van der Waals surface area contributed by atoms with Crippen LogP contribution in [0, 0.1) is 0 Å². The second-order valence-corrected chi connectivity index (χ2v) is 6.38. The van der Waals surface area contributed by atoms with Crippen LogP contribution < -0.4 is 10.1 Å². The minimum Gasteiger partial charge on any atom is -0.453 e. The summed E-state index contributed by atoms with van der Waals surface area (Å²) in [6.45, 7) is 0.847. The van der Waals surface area contributed by atoms with Gasteiger partial charge in [0.2, 0.25) is 0 Å². The van der Waals surface area contributed by atoms with Gasteiger partial charge in [-0.05, 0) is 30.7 Å². The van der Waals surface area contributed by atoms with Gasteiger partial charge in [0.05, 0.1) is 24.1 Å². The molecular formula is C17H17Cl2NO4. The number of aliphatic hydroxyl groups excluding tert-OH is 2. The molecule has 3 N–H and O–H groups in total. The van der Waals surface area contributed by atoms with Gasteiger partial charge in [-0.15, -0.1) is 0 Å². The van der Waals surface area contributed by atoms with E-state index in [-0.39, 0.29) is 6.61 Å². The molecule has 0 spiro atoms. The number of fused-ring (bicyclic) bond motifs is 2. The first-order valence-electron chi connectivity index (χ1n) is 7.51. The van der Waals surface area contributed by atoms with E-state index in [9.17, 15) is 0 Å². The molecule has 1 fully saturated rings. The summed E-state index contributed by atoms with van der Waals surface area (Å²) >= 11 is 11.8. The van der Waals surface area contributed by atoms with Crippen LogP contribution in [0.4, 0.5) is 11.4 Å². The molecule has 2 heterocycles. The van der Waals surface area contributed by atoms with Gasteiger partial charge >= 0.3 is 0 Å². The number of hydrogen-bond donors (Lipinski definition) is 3. The Bertz CT molecular complexity index is 666. The van der Waals surface area contributed by atoms with E-state index < -0.39 is 12.2 Å². The minimum atomic E-state index is -0.663. The second kappa shape index (κ2) is 7.59. The Kier molecular flexibility index (Phi) is 5.48. The molecule has 7 heteroatoms. The predicted molar refractivity (Wildman–Crippen MR) is 93.7 cm³/mol. The van der Waals surface area contributed by atoms with E-state index in [1.54, 1.807) is 12.1 Å². The number of benzene rings is 2. The highest BCUT2D eigenvalue weighted by Crippen LogP contribution is 2.43. The minimum absolute atomic E-state index is 0.279. The highest BCUT2D eigenvalue weighted by Gasteiger charge is 2.20. The molecule has 5 nitrogen and oxygen atoms in total. The Morgan fingerprint density at radius 2 is 1.50 bits per heavy atom. The lowest BCUT2D eigenvalue weighted by atomic mass is 10.1. The SMILES string of the molecule is Clc1ccc2c(c1)Oc1cc(Cl)ccc1N2.OC1CCOCC1O. The van der Waals surface area contributed by atoms with Crippen molar-refractivity contribution in [3.63, 3.8) is 0 Å². The van der Waals surface area contributed by atoms with Gasteiger partial charge in [-0.2, -0.15) is 0 Å². The predicted octanol–water partition coefficient (Wildman–Crippen LogP) is 3.97. The van der Waals surface area contributed by atoms with E-state index in [2.05, 4.69) is 5.32 Å². The molecule has 2 aliphatic rings. The van der Waals surface area contributed by atoms with Crippen LogP contribution in [-0.2, 0) is 4.74 Å². The second-order valence-electron chi connectivity index (χ2n) is 5.51. The molecule has 2 aliphatic heterocycles. The maximum Gasteiger partial charge on any atom is 0.152 e. The van der Waals surface area contributed by atoms with E-state index >= 15 is 0 Å². The van der Waals surface area contributed by atoms with E-state index in [4.69, 9.17) is 42.9 Å². The van der Waals surface area contributed by atoms with Gasteiger partial charge in [0, 0.05) is 28.8 Å². The summed E-state index contributed by atoms with van der Waals surface area (Å²) in [4.78, 5) is 0. The molecule has 1 saturated heterocycles.